The smallest absolute Gasteiger partial charge is 0.305 e. The van der Waals surface area contributed by atoms with E-state index in [1.807, 2.05) is 42.8 Å². The number of methoxy groups -OCH3 is 1. The van der Waals surface area contributed by atoms with Crippen LogP contribution in [-0.2, 0) is 16.0 Å². The normalized spacial score (nSPS) is 14.7. The molecular weight excluding hydrogens is 404 g/mol. The lowest BCUT2D eigenvalue weighted by Crippen LogP contribution is -2.30. The molecule has 1 saturated heterocycles. The second-order valence-corrected chi connectivity index (χ2v) is 8.55. The van der Waals surface area contributed by atoms with Gasteiger partial charge in [-0.1, -0.05) is 12.8 Å². The van der Waals surface area contributed by atoms with Crippen molar-refractivity contribution >= 4 is 11.9 Å². The van der Waals surface area contributed by atoms with Crippen LogP contribution in [0.5, 0.6) is 0 Å². The van der Waals surface area contributed by atoms with E-state index in [1.165, 1.54) is 45.9 Å². The van der Waals surface area contributed by atoms with Crippen molar-refractivity contribution in [3.05, 3.63) is 46.8 Å². The van der Waals surface area contributed by atoms with E-state index in [0.717, 1.165) is 35.6 Å². The molecule has 7 nitrogen and oxygen atoms in total. The van der Waals surface area contributed by atoms with E-state index in [4.69, 9.17) is 4.74 Å². The van der Waals surface area contributed by atoms with Crippen molar-refractivity contribution in [2.45, 2.75) is 58.8 Å². The van der Waals surface area contributed by atoms with Gasteiger partial charge in [0.2, 0.25) is 0 Å². The summed E-state index contributed by atoms with van der Waals surface area (Å²) in [6.45, 7) is 8.06. The molecule has 7 heteroatoms. The van der Waals surface area contributed by atoms with Crippen LogP contribution in [-0.4, -0.2) is 59.8 Å². The van der Waals surface area contributed by atoms with Crippen LogP contribution in [0.4, 0.5) is 0 Å². The Hall–Kier alpha value is -2.67. The van der Waals surface area contributed by atoms with Crippen molar-refractivity contribution in [3.8, 4) is 5.69 Å². The van der Waals surface area contributed by atoms with Crippen LogP contribution in [0.15, 0.2) is 24.3 Å². The monoisotopic (exact) mass is 440 g/mol. The van der Waals surface area contributed by atoms with E-state index in [9.17, 15) is 9.59 Å². The third-order valence-corrected chi connectivity index (χ3v) is 6.26. The molecule has 174 valence electrons. The summed E-state index contributed by atoms with van der Waals surface area (Å²) in [6.07, 6.45) is 7.18. The number of carbonyl (C=O) groups is 2. The predicted molar refractivity (Wildman–Crippen MR) is 125 cm³/mol. The molecule has 0 atom stereocenters. The first kappa shape index (κ1) is 24.0. The van der Waals surface area contributed by atoms with Gasteiger partial charge < -0.3 is 15.0 Å². The lowest BCUT2D eigenvalue weighted by atomic mass is 10.1. The number of rotatable bonds is 9. The highest BCUT2D eigenvalue weighted by atomic mass is 16.5. The summed E-state index contributed by atoms with van der Waals surface area (Å²) in [7, 11) is 1.40. The number of esters is 1. The van der Waals surface area contributed by atoms with Gasteiger partial charge in [0.25, 0.3) is 5.91 Å². The van der Waals surface area contributed by atoms with Crippen molar-refractivity contribution in [2.24, 2.45) is 0 Å². The van der Waals surface area contributed by atoms with Crippen molar-refractivity contribution in [1.82, 2.24) is 20.0 Å². The minimum Gasteiger partial charge on any atom is -0.469 e. The average molecular weight is 441 g/mol. The van der Waals surface area contributed by atoms with Gasteiger partial charge in [0, 0.05) is 24.2 Å². The van der Waals surface area contributed by atoms with Gasteiger partial charge in [0.15, 0.2) is 0 Å². The first-order valence-electron chi connectivity index (χ1n) is 11.7. The van der Waals surface area contributed by atoms with Crippen LogP contribution in [0.1, 0.15) is 65.8 Å². The largest absolute Gasteiger partial charge is 0.469 e. The molecule has 0 radical (unpaired) electrons. The molecule has 0 saturated carbocycles. The van der Waals surface area contributed by atoms with E-state index in [1.54, 1.807) is 0 Å². The van der Waals surface area contributed by atoms with Crippen LogP contribution in [0, 0.1) is 13.8 Å². The van der Waals surface area contributed by atoms with Gasteiger partial charge in [-0.2, -0.15) is 5.10 Å². The Morgan fingerprint density at radius 2 is 1.75 bits per heavy atom. The summed E-state index contributed by atoms with van der Waals surface area (Å²) in [6, 6.07) is 7.50. The lowest BCUT2D eigenvalue weighted by Gasteiger charge is -2.19. The van der Waals surface area contributed by atoms with Gasteiger partial charge in [0.1, 0.15) is 0 Å². The number of likely N-dealkylation sites (tertiary alicyclic amines) is 1. The number of hydrogen-bond donors (Lipinski definition) is 1. The quantitative estimate of drug-likeness (QED) is 0.476. The van der Waals surface area contributed by atoms with E-state index >= 15 is 0 Å². The number of nitrogens with zero attached hydrogens (tertiary/aromatic N) is 3. The fourth-order valence-corrected chi connectivity index (χ4v) is 4.34. The van der Waals surface area contributed by atoms with E-state index < -0.39 is 0 Å². The molecule has 1 aliphatic rings. The summed E-state index contributed by atoms with van der Waals surface area (Å²) in [5.41, 5.74) is 4.50. The van der Waals surface area contributed by atoms with Crippen molar-refractivity contribution < 1.29 is 14.3 Å². The molecule has 2 heterocycles. The summed E-state index contributed by atoms with van der Waals surface area (Å²) >= 11 is 0. The molecule has 1 amide bonds. The maximum absolute atomic E-state index is 12.5. The Morgan fingerprint density at radius 3 is 2.41 bits per heavy atom. The number of aromatic nitrogens is 2. The molecule has 1 aromatic carbocycles. The molecule has 0 unspecified atom stereocenters. The molecule has 1 N–H and O–H groups in total. The molecular formula is C25H36N4O3. The Balaban J connectivity index is 1.53. The van der Waals surface area contributed by atoms with Crippen LogP contribution < -0.4 is 5.32 Å². The standard InChI is InChI=1S/C25H36N4O3/c1-19-23(13-14-24(30)32-3)20(2)29(27-19)22-11-9-21(10-12-22)25(31)26-15-8-18-28-16-6-4-5-7-17-28/h9-12H,4-8,13-18H2,1-3H3,(H,26,31). The summed E-state index contributed by atoms with van der Waals surface area (Å²) < 4.78 is 6.61. The molecule has 1 aromatic heterocycles. The SMILES string of the molecule is COC(=O)CCc1c(C)nn(-c2ccc(C(=O)NCCCN3CCCCCC3)cc2)c1C. The molecule has 32 heavy (non-hydrogen) atoms. The zero-order chi connectivity index (χ0) is 22.9. The average Bonchev–Trinajstić information content (AvgIpc) is 2.97. The maximum atomic E-state index is 12.5. The predicted octanol–water partition coefficient (Wildman–Crippen LogP) is 3.59. The highest BCUT2D eigenvalue weighted by molar-refractivity contribution is 5.94. The van der Waals surface area contributed by atoms with E-state index in [2.05, 4.69) is 15.3 Å². The van der Waals surface area contributed by atoms with E-state index in [-0.39, 0.29) is 11.9 Å². The highest BCUT2D eigenvalue weighted by Gasteiger charge is 2.15. The number of ether oxygens (including phenoxy) is 1. The fraction of sp³-hybridized carbons (Fsp3) is 0.560. The topological polar surface area (TPSA) is 76.5 Å². The molecule has 0 bridgehead atoms. The molecule has 0 aliphatic carbocycles. The highest BCUT2D eigenvalue weighted by Crippen LogP contribution is 2.20. The first-order chi connectivity index (χ1) is 15.5. The lowest BCUT2D eigenvalue weighted by molar-refractivity contribution is -0.140. The fourth-order valence-electron chi connectivity index (χ4n) is 4.34. The zero-order valence-corrected chi connectivity index (χ0v) is 19.7. The number of aryl methyl sites for hydroxylation is 1. The molecule has 3 rings (SSSR count). The number of nitrogens with one attached hydrogen (secondary N) is 1. The summed E-state index contributed by atoms with van der Waals surface area (Å²) in [5.74, 6) is -0.266. The van der Waals surface area contributed by atoms with Gasteiger partial charge >= 0.3 is 5.97 Å². The Bertz CT molecular complexity index is 897. The van der Waals surface area contributed by atoms with Crippen molar-refractivity contribution in [1.29, 1.82) is 0 Å². The number of benzene rings is 1. The van der Waals surface area contributed by atoms with Crippen LogP contribution in [0.25, 0.3) is 5.69 Å². The molecule has 1 fully saturated rings. The number of hydrogen-bond acceptors (Lipinski definition) is 5. The minimum atomic E-state index is -0.224. The molecule has 0 spiro atoms. The first-order valence-corrected chi connectivity index (χ1v) is 11.7. The second-order valence-electron chi connectivity index (χ2n) is 8.55. The van der Waals surface area contributed by atoms with Gasteiger partial charge in [-0.25, -0.2) is 4.68 Å². The van der Waals surface area contributed by atoms with Gasteiger partial charge in [-0.3, -0.25) is 9.59 Å². The van der Waals surface area contributed by atoms with Crippen molar-refractivity contribution in [2.75, 3.05) is 33.3 Å². The third kappa shape index (κ3) is 6.42. The minimum absolute atomic E-state index is 0.0421. The summed E-state index contributed by atoms with van der Waals surface area (Å²) in [4.78, 5) is 26.5. The van der Waals surface area contributed by atoms with E-state index in [0.29, 0.717) is 24.9 Å². The van der Waals surface area contributed by atoms with Crippen molar-refractivity contribution in [3.63, 3.8) is 0 Å². The number of amides is 1. The molecule has 2 aromatic rings. The second kappa shape index (κ2) is 11.8. The number of carbonyl (C=O) groups excluding carboxylic acids is 2. The van der Waals surface area contributed by atoms with Gasteiger partial charge in [0.05, 0.1) is 18.5 Å². The summed E-state index contributed by atoms with van der Waals surface area (Å²) in [5, 5.41) is 7.67. The maximum Gasteiger partial charge on any atom is 0.305 e. The Morgan fingerprint density at radius 1 is 1.06 bits per heavy atom. The zero-order valence-electron chi connectivity index (χ0n) is 19.7. The third-order valence-electron chi connectivity index (χ3n) is 6.26. The van der Waals surface area contributed by atoms with Gasteiger partial charge in [-0.15, -0.1) is 0 Å². The van der Waals surface area contributed by atoms with Crippen LogP contribution >= 0.6 is 0 Å². The Labute approximate surface area is 191 Å². The van der Waals surface area contributed by atoms with Crippen LogP contribution in [0.3, 0.4) is 0 Å². The van der Waals surface area contributed by atoms with Crippen LogP contribution in [0.2, 0.25) is 0 Å². The molecule has 1 aliphatic heterocycles. The van der Waals surface area contributed by atoms with Gasteiger partial charge in [-0.05, 0) is 89.0 Å². The Kier molecular flexibility index (Phi) is 8.85.